The van der Waals surface area contributed by atoms with E-state index in [0.29, 0.717) is 30.1 Å². The average molecular weight is 693 g/mol. The van der Waals surface area contributed by atoms with Crippen molar-refractivity contribution in [3.63, 3.8) is 0 Å². The number of ether oxygens (including phenoxy) is 4. The highest BCUT2D eigenvalue weighted by Gasteiger charge is 2.37. The molecule has 0 bridgehead atoms. The third-order valence-corrected chi connectivity index (χ3v) is 9.84. The first-order valence-electron chi connectivity index (χ1n) is 14.2. The minimum absolute atomic E-state index is 0.102. The molecular weight excluding hydrogens is 649 g/mol. The quantitative estimate of drug-likeness (QED) is 0.0591. The van der Waals surface area contributed by atoms with Crippen LogP contribution in [-0.4, -0.2) is 94.5 Å². The van der Waals surface area contributed by atoms with Gasteiger partial charge in [-0.2, -0.15) is 0 Å². The normalized spacial score (nSPS) is 14.5. The van der Waals surface area contributed by atoms with Crippen LogP contribution in [0.1, 0.15) is 46.6 Å². The molecule has 254 valence electrons. The van der Waals surface area contributed by atoms with E-state index in [0.717, 1.165) is 5.56 Å². The monoisotopic (exact) mass is 692 g/mol. The number of hydrogen-bond donors (Lipinski definition) is 3. The Morgan fingerprint density at radius 1 is 1.00 bits per heavy atom. The van der Waals surface area contributed by atoms with Gasteiger partial charge in [-0.3, -0.25) is 18.6 Å². The number of carboxylic acids is 1. The van der Waals surface area contributed by atoms with Crippen molar-refractivity contribution >= 4 is 62.5 Å². The number of hydrogen-bond acceptors (Lipinski definition) is 12. The Balaban J connectivity index is 2.76. The fourth-order valence-corrected chi connectivity index (χ4v) is 6.64. The molecule has 16 heteroatoms. The topological polar surface area (TPSA) is 184 Å². The van der Waals surface area contributed by atoms with Crippen LogP contribution in [0.3, 0.4) is 0 Å². The molecule has 1 aromatic carbocycles. The molecule has 5 atom stereocenters. The van der Waals surface area contributed by atoms with Crippen LogP contribution in [0.25, 0.3) is 0 Å². The molecule has 0 aliphatic carbocycles. The first kappa shape index (κ1) is 40.0. The van der Waals surface area contributed by atoms with Crippen LogP contribution in [-0.2, 0) is 50.6 Å². The van der Waals surface area contributed by atoms with Crippen molar-refractivity contribution in [2.45, 2.75) is 65.9 Å². The van der Waals surface area contributed by atoms with E-state index in [1.807, 2.05) is 30.3 Å². The van der Waals surface area contributed by atoms with Gasteiger partial charge >= 0.3 is 24.2 Å². The molecule has 0 saturated carbocycles. The molecule has 0 aromatic heterocycles. The second-order valence-electron chi connectivity index (χ2n) is 10.5. The molecule has 2 amide bonds. The lowest BCUT2D eigenvalue weighted by Gasteiger charge is -2.28. The van der Waals surface area contributed by atoms with Crippen LogP contribution in [0.4, 0.5) is 9.59 Å². The lowest BCUT2D eigenvalue weighted by molar-refractivity contribution is -0.167. The molecular formula is C29H44N2O11S3. The van der Waals surface area contributed by atoms with E-state index in [2.05, 4.69) is 15.4 Å². The predicted octanol–water partition coefficient (Wildman–Crippen LogP) is 3.77. The summed E-state index contributed by atoms with van der Waals surface area (Å²) in [7, 11) is 1.71. The van der Waals surface area contributed by atoms with E-state index >= 15 is 0 Å². The Labute approximate surface area is 274 Å². The Bertz CT molecular complexity index is 1140. The summed E-state index contributed by atoms with van der Waals surface area (Å²) in [6.45, 7) is 7.05. The minimum Gasteiger partial charge on any atom is -0.481 e. The lowest BCUT2D eigenvalue weighted by atomic mass is 9.88. The van der Waals surface area contributed by atoms with Crippen LogP contribution in [0.5, 0.6) is 0 Å². The zero-order valence-corrected chi connectivity index (χ0v) is 28.8. The van der Waals surface area contributed by atoms with Crippen LogP contribution in [0, 0.1) is 11.3 Å². The summed E-state index contributed by atoms with van der Waals surface area (Å²) >= 11 is 0. The highest BCUT2D eigenvalue weighted by molar-refractivity contribution is 8.76. The molecule has 0 fully saturated rings. The standard InChI is InChI=1S/C29H44N2O11S3/c1-7-39-28(37)42-20(3)41-24(32)16-30-25(33)22(15-21-11-9-8-10-12-21)17-43-44-18-23(13-14-45(6)38)31-27(36)40-19(2)29(4,5)26(34)35/h8-12,19-20,22-23H,7,13-18H2,1-6H3,(H,30,33)(H,31,36)(H,34,35). The second kappa shape index (κ2) is 20.9. The molecule has 13 nitrogen and oxygen atoms in total. The molecule has 1 aromatic rings. The van der Waals surface area contributed by atoms with Gasteiger partial charge in [0.25, 0.3) is 0 Å². The maximum atomic E-state index is 13.1. The fourth-order valence-electron chi connectivity index (χ4n) is 3.42. The van der Waals surface area contributed by atoms with Gasteiger partial charge in [0, 0.05) is 47.3 Å². The van der Waals surface area contributed by atoms with Gasteiger partial charge in [-0.25, -0.2) is 9.59 Å². The van der Waals surface area contributed by atoms with E-state index in [9.17, 15) is 33.3 Å². The number of esters is 1. The molecule has 0 spiro atoms. The van der Waals surface area contributed by atoms with E-state index in [1.54, 1.807) is 13.2 Å². The minimum atomic E-state index is -1.29. The summed E-state index contributed by atoms with van der Waals surface area (Å²) in [4.78, 5) is 60.7. The molecule has 0 radical (unpaired) electrons. The van der Waals surface area contributed by atoms with Crippen LogP contribution >= 0.6 is 21.6 Å². The van der Waals surface area contributed by atoms with Crippen molar-refractivity contribution in [2.24, 2.45) is 11.3 Å². The molecule has 1 rings (SSSR count). The number of carbonyl (C=O) groups excluding carboxylic acids is 4. The van der Waals surface area contributed by atoms with Crippen molar-refractivity contribution in [1.29, 1.82) is 0 Å². The largest absolute Gasteiger partial charge is 0.511 e. The number of amides is 2. The maximum Gasteiger partial charge on any atom is 0.511 e. The van der Waals surface area contributed by atoms with E-state index in [-0.39, 0.29) is 12.5 Å². The molecule has 0 heterocycles. The molecule has 45 heavy (non-hydrogen) atoms. The molecule has 5 unspecified atom stereocenters. The summed E-state index contributed by atoms with van der Waals surface area (Å²) in [5, 5.41) is 14.7. The zero-order valence-electron chi connectivity index (χ0n) is 26.4. The van der Waals surface area contributed by atoms with Crippen LogP contribution in [0.2, 0.25) is 0 Å². The van der Waals surface area contributed by atoms with Gasteiger partial charge in [-0.05, 0) is 46.1 Å². The number of carboxylic acid groups (broad SMARTS) is 1. The van der Waals surface area contributed by atoms with Crippen LogP contribution in [0.15, 0.2) is 30.3 Å². The van der Waals surface area contributed by atoms with Gasteiger partial charge in [0.1, 0.15) is 12.6 Å². The van der Waals surface area contributed by atoms with Gasteiger partial charge in [-0.1, -0.05) is 51.9 Å². The Hall–Kier alpha value is -2.98. The first-order chi connectivity index (χ1) is 21.1. The SMILES string of the molecule is CCOC(=O)OC(C)OC(=O)CNC(=O)C(CSSCC(CCS(C)=O)NC(=O)OC(C)C(C)(C)C(=O)O)Cc1ccccc1. The summed E-state index contributed by atoms with van der Waals surface area (Å²) in [5.74, 6) is -1.69. The lowest BCUT2D eigenvalue weighted by Crippen LogP contribution is -2.44. The average Bonchev–Trinajstić information content (AvgIpc) is 2.96. The summed E-state index contributed by atoms with van der Waals surface area (Å²) in [6.07, 6.45) is -1.49. The van der Waals surface area contributed by atoms with Crippen molar-refractivity contribution in [3.8, 4) is 0 Å². The zero-order chi connectivity index (χ0) is 34.0. The van der Waals surface area contributed by atoms with Crippen LogP contribution < -0.4 is 10.6 Å². The van der Waals surface area contributed by atoms with Crippen molar-refractivity contribution < 1.29 is 52.2 Å². The molecule has 0 saturated heterocycles. The number of benzene rings is 1. The number of rotatable bonds is 20. The number of nitrogens with one attached hydrogen (secondary N) is 2. The summed E-state index contributed by atoms with van der Waals surface area (Å²) in [5.41, 5.74) is -0.365. The number of carbonyl (C=O) groups is 5. The summed E-state index contributed by atoms with van der Waals surface area (Å²) < 4.78 is 31.4. The van der Waals surface area contributed by atoms with Gasteiger partial charge in [0.2, 0.25) is 12.2 Å². The Kier molecular flexibility index (Phi) is 18.6. The van der Waals surface area contributed by atoms with Gasteiger partial charge in [0.15, 0.2) is 0 Å². The van der Waals surface area contributed by atoms with Gasteiger partial charge < -0.3 is 34.7 Å². The van der Waals surface area contributed by atoms with Gasteiger partial charge in [-0.15, -0.1) is 0 Å². The smallest absolute Gasteiger partial charge is 0.481 e. The first-order valence-corrected chi connectivity index (χ1v) is 18.5. The fraction of sp³-hybridized carbons (Fsp3) is 0.621. The maximum absolute atomic E-state index is 13.1. The van der Waals surface area contributed by atoms with E-state index < -0.39 is 71.3 Å². The Morgan fingerprint density at radius 3 is 2.24 bits per heavy atom. The van der Waals surface area contributed by atoms with Crippen molar-refractivity contribution in [3.05, 3.63) is 35.9 Å². The molecule has 0 aliphatic rings. The van der Waals surface area contributed by atoms with Crippen molar-refractivity contribution in [1.82, 2.24) is 10.6 Å². The predicted molar refractivity (Wildman–Crippen MR) is 173 cm³/mol. The molecule has 3 N–H and O–H groups in total. The van der Waals surface area contributed by atoms with E-state index in [1.165, 1.54) is 49.3 Å². The Morgan fingerprint density at radius 2 is 1.64 bits per heavy atom. The molecule has 0 aliphatic heterocycles. The third kappa shape index (κ3) is 16.8. The highest BCUT2D eigenvalue weighted by Crippen LogP contribution is 2.28. The highest BCUT2D eigenvalue weighted by atomic mass is 33.1. The summed E-state index contributed by atoms with van der Waals surface area (Å²) in [6, 6.07) is 8.95. The second-order valence-corrected chi connectivity index (χ2v) is 14.6. The van der Waals surface area contributed by atoms with Crippen molar-refractivity contribution in [2.75, 3.05) is 36.7 Å². The van der Waals surface area contributed by atoms with E-state index in [4.69, 9.17) is 14.2 Å². The third-order valence-electron chi connectivity index (χ3n) is 6.47. The number of aliphatic carboxylic acids is 1. The number of alkyl carbamates (subject to hydrolysis) is 1. The van der Waals surface area contributed by atoms with Gasteiger partial charge in [0.05, 0.1) is 17.9 Å².